The van der Waals surface area contributed by atoms with Crippen LogP contribution in [0.5, 0.6) is 0 Å². The molecule has 0 aliphatic carbocycles. The lowest BCUT2D eigenvalue weighted by Gasteiger charge is -2.22. The monoisotopic (exact) mass is 170 g/mol. The first-order chi connectivity index (χ1) is 5.75. The van der Waals surface area contributed by atoms with Crippen molar-refractivity contribution in [2.45, 2.75) is 38.6 Å². The van der Waals surface area contributed by atoms with Gasteiger partial charge in [0.1, 0.15) is 0 Å². The third kappa shape index (κ3) is 2.21. The highest BCUT2D eigenvalue weighted by Gasteiger charge is 2.25. The SMILES string of the molecule is CC(=O)N1CCCC1CCCN. The van der Waals surface area contributed by atoms with Crippen molar-refractivity contribution in [1.82, 2.24) is 4.90 Å². The second-order valence-corrected chi connectivity index (χ2v) is 3.44. The predicted molar refractivity (Wildman–Crippen MR) is 48.7 cm³/mol. The summed E-state index contributed by atoms with van der Waals surface area (Å²) in [6.07, 6.45) is 4.44. The summed E-state index contributed by atoms with van der Waals surface area (Å²) in [6.45, 7) is 3.34. The van der Waals surface area contributed by atoms with Gasteiger partial charge in [-0.3, -0.25) is 4.79 Å². The number of carbonyl (C=O) groups excluding carboxylic acids is 1. The summed E-state index contributed by atoms with van der Waals surface area (Å²) in [5, 5.41) is 0. The Labute approximate surface area is 73.9 Å². The molecule has 1 aliphatic rings. The fourth-order valence-electron chi connectivity index (χ4n) is 1.90. The van der Waals surface area contributed by atoms with Crippen molar-refractivity contribution in [2.24, 2.45) is 5.73 Å². The zero-order valence-corrected chi connectivity index (χ0v) is 7.75. The number of hydrogen-bond donors (Lipinski definition) is 1. The number of likely N-dealkylation sites (tertiary alicyclic amines) is 1. The summed E-state index contributed by atoms with van der Waals surface area (Å²) in [5.41, 5.74) is 5.42. The zero-order valence-electron chi connectivity index (χ0n) is 7.75. The predicted octanol–water partition coefficient (Wildman–Crippen LogP) is 0.736. The van der Waals surface area contributed by atoms with Crippen LogP contribution in [0, 0.1) is 0 Å². The molecule has 0 aromatic heterocycles. The van der Waals surface area contributed by atoms with Crippen LogP contribution in [0.3, 0.4) is 0 Å². The van der Waals surface area contributed by atoms with Gasteiger partial charge in [0.25, 0.3) is 0 Å². The van der Waals surface area contributed by atoms with Gasteiger partial charge in [-0.2, -0.15) is 0 Å². The summed E-state index contributed by atoms with van der Waals surface area (Å²) in [7, 11) is 0. The Balaban J connectivity index is 2.35. The van der Waals surface area contributed by atoms with E-state index in [0.29, 0.717) is 6.04 Å². The maximum atomic E-state index is 11.1. The van der Waals surface area contributed by atoms with Gasteiger partial charge in [-0.25, -0.2) is 0 Å². The fraction of sp³-hybridized carbons (Fsp3) is 0.889. The van der Waals surface area contributed by atoms with Gasteiger partial charge in [0.15, 0.2) is 0 Å². The van der Waals surface area contributed by atoms with Gasteiger partial charge in [0.05, 0.1) is 0 Å². The van der Waals surface area contributed by atoms with Crippen LogP contribution in [0.4, 0.5) is 0 Å². The quantitative estimate of drug-likeness (QED) is 0.679. The van der Waals surface area contributed by atoms with Crippen molar-refractivity contribution < 1.29 is 4.79 Å². The molecule has 0 saturated carbocycles. The minimum absolute atomic E-state index is 0.217. The van der Waals surface area contributed by atoms with Crippen molar-refractivity contribution >= 4 is 5.91 Å². The maximum absolute atomic E-state index is 11.1. The van der Waals surface area contributed by atoms with Gasteiger partial charge in [-0.15, -0.1) is 0 Å². The Bertz CT molecular complexity index is 159. The van der Waals surface area contributed by atoms with Crippen molar-refractivity contribution in [3.05, 3.63) is 0 Å². The standard InChI is InChI=1S/C9H18N2O/c1-8(12)11-7-3-5-9(11)4-2-6-10/h9H,2-7,10H2,1H3. The van der Waals surface area contributed by atoms with Crippen LogP contribution in [-0.4, -0.2) is 29.9 Å². The highest BCUT2D eigenvalue weighted by molar-refractivity contribution is 5.73. The van der Waals surface area contributed by atoms with Crippen LogP contribution in [0.15, 0.2) is 0 Å². The second kappa shape index (κ2) is 4.45. The lowest BCUT2D eigenvalue weighted by molar-refractivity contribution is -0.129. The van der Waals surface area contributed by atoms with Gasteiger partial charge in [-0.05, 0) is 32.2 Å². The molecule has 0 radical (unpaired) electrons. The molecule has 0 spiro atoms. The summed E-state index contributed by atoms with van der Waals surface area (Å²) >= 11 is 0. The topological polar surface area (TPSA) is 46.3 Å². The van der Waals surface area contributed by atoms with E-state index in [0.717, 1.165) is 32.4 Å². The lowest BCUT2D eigenvalue weighted by atomic mass is 10.1. The molecule has 1 heterocycles. The number of hydrogen-bond acceptors (Lipinski definition) is 2. The van der Waals surface area contributed by atoms with Crippen molar-refractivity contribution in [2.75, 3.05) is 13.1 Å². The molecule has 0 bridgehead atoms. The number of carbonyl (C=O) groups is 1. The first kappa shape index (κ1) is 9.52. The third-order valence-electron chi connectivity index (χ3n) is 2.52. The maximum Gasteiger partial charge on any atom is 0.219 e. The van der Waals surface area contributed by atoms with Crippen molar-refractivity contribution in [3.63, 3.8) is 0 Å². The minimum atomic E-state index is 0.217. The minimum Gasteiger partial charge on any atom is -0.340 e. The summed E-state index contributed by atoms with van der Waals surface area (Å²) in [6, 6.07) is 0.478. The van der Waals surface area contributed by atoms with Gasteiger partial charge in [0, 0.05) is 19.5 Å². The van der Waals surface area contributed by atoms with E-state index in [2.05, 4.69) is 0 Å². The molecule has 1 unspecified atom stereocenters. The van der Waals surface area contributed by atoms with Crippen LogP contribution in [0.2, 0.25) is 0 Å². The Kier molecular flexibility index (Phi) is 3.53. The van der Waals surface area contributed by atoms with Crippen molar-refractivity contribution in [1.29, 1.82) is 0 Å². The normalized spacial score (nSPS) is 23.2. The van der Waals surface area contributed by atoms with Crippen LogP contribution >= 0.6 is 0 Å². The molecule has 12 heavy (non-hydrogen) atoms. The average molecular weight is 170 g/mol. The summed E-state index contributed by atoms with van der Waals surface area (Å²) < 4.78 is 0. The molecule has 0 aromatic carbocycles. The molecule has 70 valence electrons. The van der Waals surface area contributed by atoms with E-state index in [1.54, 1.807) is 6.92 Å². The van der Waals surface area contributed by atoms with Crippen LogP contribution in [-0.2, 0) is 4.79 Å². The molecule has 3 heteroatoms. The van der Waals surface area contributed by atoms with Crippen LogP contribution < -0.4 is 5.73 Å². The van der Waals surface area contributed by atoms with E-state index in [1.807, 2.05) is 4.90 Å². The molecule has 1 amide bonds. The second-order valence-electron chi connectivity index (χ2n) is 3.44. The molecule has 3 nitrogen and oxygen atoms in total. The van der Waals surface area contributed by atoms with Gasteiger partial charge in [0.2, 0.25) is 5.91 Å². The Hall–Kier alpha value is -0.570. The largest absolute Gasteiger partial charge is 0.340 e. The number of rotatable bonds is 3. The molecule has 1 saturated heterocycles. The first-order valence-corrected chi connectivity index (χ1v) is 4.73. The van der Waals surface area contributed by atoms with E-state index in [9.17, 15) is 4.79 Å². The Morgan fingerprint density at radius 3 is 3.00 bits per heavy atom. The molecule has 1 fully saturated rings. The fourth-order valence-corrected chi connectivity index (χ4v) is 1.90. The van der Waals surface area contributed by atoms with E-state index in [1.165, 1.54) is 6.42 Å². The third-order valence-corrected chi connectivity index (χ3v) is 2.52. The molecule has 2 N–H and O–H groups in total. The van der Waals surface area contributed by atoms with Gasteiger partial charge in [-0.1, -0.05) is 0 Å². The van der Waals surface area contributed by atoms with E-state index in [-0.39, 0.29) is 5.91 Å². The van der Waals surface area contributed by atoms with Gasteiger partial charge < -0.3 is 10.6 Å². The number of nitrogens with zero attached hydrogens (tertiary/aromatic N) is 1. The lowest BCUT2D eigenvalue weighted by Crippen LogP contribution is -2.33. The van der Waals surface area contributed by atoms with Crippen LogP contribution in [0.25, 0.3) is 0 Å². The van der Waals surface area contributed by atoms with Gasteiger partial charge >= 0.3 is 0 Å². The number of amides is 1. The highest BCUT2D eigenvalue weighted by Crippen LogP contribution is 2.20. The Morgan fingerprint density at radius 2 is 2.42 bits per heavy atom. The van der Waals surface area contributed by atoms with E-state index < -0.39 is 0 Å². The smallest absolute Gasteiger partial charge is 0.219 e. The summed E-state index contributed by atoms with van der Waals surface area (Å²) in [5.74, 6) is 0.217. The van der Waals surface area contributed by atoms with E-state index in [4.69, 9.17) is 5.73 Å². The zero-order chi connectivity index (χ0) is 8.97. The number of nitrogens with two attached hydrogens (primary N) is 1. The molecule has 1 rings (SSSR count). The first-order valence-electron chi connectivity index (χ1n) is 4.73. The molecule has 0 aromatic rings. The summed E-state index contributed by atoms with van der Waals surface area (Å²) in [4.78, 5) is 13.1. The molecular formula is C9H18N2O. The molecule has 1 atom stereocenters. The Morgan fingerprint density at radius 1 is 1.67 bits per heavy atom. The van der Waals surface area contributed by atoms with E-state index >= 15 is 0 Å². The molecule has 1 aliphatic heterocycles. The molecular weight excluding hydrogens is 152 g/mol. The average Bonchev–Trinajstić information content (AvgIpc) is 2.48. The van der Waals surface area contributed by atoms with Crippen LogP contribution in [0.1, 0.15) is 32.6 Å². The highest BCUT2D eigenvalue weighted by atomic mass is 16.2. The van der Waals surface area contributed by atoms with Crippen molar-refractivity contribution in [3.8, 4) is 0 Å².